The number of imidazole rings is 1. The van der Waals surface area contributed by atoms with Gasteiger partial charge in [0.15, 0.2) is 0 Å². The van der Waals surface area contributed by atoms with Crippen molar-refractivity contribution in [3.63, 3.8) is 0 Å². The Morgan fingerprint density at radius 1 is 0.870 bits per heavy atom. The first-order valence-electron chi connectivity index (χ1n) is 6.64. The summed E-state index contributed by atoms with van der Waals surface area (Å²) in [7, 11) is -6.00. The van der Waals surface area contributed by atoms with Gasteiger partial charge in [0.05, 0.1) is 0 Å². The van der Waals surface area contributed by atoms with Gasteiger partial charge in [-0.25, -0.2) is 9.13 Å². The minimum atomic E-state index is -6.00. The van der Waals surface area contributed by atoms with Gasteiger partial charge in [-0.05, 0) is 36.4 Å². The van der Waals surface area contributed by atoms with E-state index in [1.165, 1.54) is 0 Å². The van der Waals surface area contributed by atoms with E-state index < -0.39 is 7.25 Å². The zero-order valence-electron chi connectivity index (χ0n) is 11.9. The van der Waals surface area contributed by atoms with Gasteiger partial charge in [0, 0.05) is 0 Å². The SMILES string of the molecule is F[B-](F)(F)F.Oc1ccc(-[n+]2ccn(-c3ccccc3)c2)cc1. The summed E-state index contributed by atoms with van der Waals surface area (Å²) in [6.07, 6.45) is 5.99. The number of rotatable bonds is 2. The lowest BCUT2D eigenvalue weighted by molar-refractivity contribution is -0.594. The highest BCUT2D eigenvalue weighted by atomic mass is 19.5. The molecule has 0 aliphatic rings. The molecule has 2 aromatic carbocycles. The fourth-order valence-corrected chi connectivity index (χ4v) is 1.89. The Morgan fingerprint density at radius 2 is 1.43 bits per heavy atom. The van der Waals surface area contributed by atoms with Crippen molar-refractivity contribution in [2.24, 2.45) is 0 Å². The Hall–Kier alpha value is -2.77. The third-order valence-electron chi connectivity index (χ3n) is 2.84. The molecule has 1 N–H and O–H groups in total. The van der Waals surface area contributed by atoms with Gasteiger partial charge in [-0.2, -0.15) is 0 Å². The van der Waals surface area contributed by atoms with E-state index in [-0.39, 0.29) is 5.75 Å². The zero-order valence-corrected chi connectivity index (χ0v) is 11.9. The second kappa shape index (κ2) is 7.00. The van der Waals surface area contributed by atoms with Crippen LogP contribution in [0.1, 0.15) is 0 Å². The van der Waals surface area contributed by atoms with Crippen LogP contribution in [0, 0.1) is 0 Å². The predicted molar refractivity (Wildman–Crippen MR) is 79.2 cm³/mol. The van der Waals surface area contributed by atoms with Crippen molar-refractivity contribution in [1.29, 1.82) is 0 Å². The first-order valence-corrected chi connectivity index (χ1v) is 6.64. The van der Waals surface area contributed by atoms with E-state index in [4.69, 9.17) is 0 Å². The van der Waals surface area contributed by atoms with Gasteiger partial charge in [-0.15, -0.1) is 0 Å². The predicted octanol–water partition coefficient (Wildman–Crippen LogP) is 3.76. The van der Waals surface area contributed by atoms with E-state index in [0.29, 0.717) is 0 Å². The molecule has 3 aromatic rings. The maximum Gasteiger partial charge on any atom is 0.673 e. The molecule has 3 nitrogen and oxygen atoms in total. The molecule has 0 atom stereocenters. The van der Waals surface area contributed by atoms with Gasteiger partial charge >= 0.3 is 7.25 Å². The molecule has 23 heavy (non-hydrogen) atoms. The third-order valence-corrected chi connectivity index (χ3v) is 2.84. The summed E-state index contributed by atoms with van der Waals surface area (Å²) in [5, 5.41) is 9.27. The molecule has 0 amide bonds. The normalized spacial score (nSPS) is 10.8. The minimum absolute atomic E-state index is 0.279. The molecule has 0 spiro atoms. The van der Waals surface area contributed by atoms with Crippen molar-refractivity contribution in [2.75, 3.05) is 0 Å². The molecule has 1 heterocycles. The highest BCUT2D eigenvalue weighted by Crippen LogP contribution is 2.10. The lowest BCUT2D eigenvalue weighted by Gasteiger charge is -1.96. The number of aromatic nitrogens is 2. The van der Waals surface area contributed by atoms with Crippen molar-refractivity contribution in [3.05, 3.63) is 73.3 Å². The number of nitrogens with zero attached hydrogens (tertiary/aromatic N) is 2. The number of phenols is 1. The monoisotopic (exact) mass is 324 g/mol. The van der Waals surface area contributed by atoms with E-state index >= 15 is 0 Å². The molecule has 0 saturated heterocycles. The average Bonchev–Trinajstić information content (AvgIpc) is 2.97. The molecule has 0 aliphatic heterocycles. The maximum absolute atomic E-state index is 9.75. The number of hydrogen-bond donors (Lipinski definition) is 1. The number of phenolic OH excluding ortho intramolecular Hbond substituents is 1. The Kier molecular flexibility index (Phi) is 5.05. The van der Waals surface area contributed by atoms with Crippen molar-refractivity contribution in [1.82, 2.24) is 4.57 Å². The number of benzene rings is 2. The summed E-state index contributed by atoms with van der Waals surface area (Å²) in [6, 6.07) is 17.3. The average molecular weight is 324 g/mol. The van der Waals surface area contributed by atoms with E-state index in [2.05, 4.69) is 12.1 Å². The van der Waals surface area contributed by atoms with Gasteiger partial charge in [-0.1, -0.05) is 18.2 Å². The van der Waals surface area contributed by atoms with Crippen molar-refractivity contribution >= 4 is 7.25 Å². The molecule has 120 valence electrons. The first-order chi connectivity index (χ1) is 10.8. The van der Waals surface area contributed by atoms with Crippen molar-refractivity contribution < 1.29 is 26.9 Å². The van der Waals surface area contributed by atoms with Gasteiger partial charge in [-0.3, -0.25) is 0 Å². The highest BCUT2D eigenvalue weighted by Gasteiger charge is 2.20. The molecule has 3 rings (SSSR count). The number of aromatic hydroxyl groups is 1. The van der Waals surface area contributed by atoms with Crippen LogP contribution in [0.15, 0.2) is 73.3 Å². The fourth-order valence-electron chi connectivity index (χ4n) is 1.89. The summed E-state index contributed by atoms with van der Waals surface area (Å²) in [4.78, 5) is 0. The standard InChI is InChI=1S/C15H12N2O.BF4/c18-15-8-6-14(7-9-15)17-11-10-16(12-17)13-4-2-1-3-5-13;2-1(3,4)5/h1-12H;/q;-1/p+1. The van der Waals surface area contributed by atoms with Crippen LogP contribution >= 0.6 is 0 Å². The van der Waals surface area contributed by atoms with Crippen LogP contribution < -0.4 is 4.57 Å². The second-order valence-corrected chi connectivity index (χ2v) is 4.57. The number of para-hydroxylation sites is 1. The molecule has 0 radical (unpaired) electrons. The molecular formula is C15H13BF4N2O. The minimum Gasteiger partial charge on any atom is -0.508 e. The van der Waals surface area contributed by atoms with Crippen LogP contribution in [0.4, 0.5) is 17.3 Å². The van der Waals surface area contributed by atoms with Gasteiger partial charge in [0.25, 0.3) is 6.33 Å². The van der Waals surface area contributed by atoms with Crippen molar-refractivity contribution in [3.8, 4) is 17.1 Å². The molecule has 1 aromatic heterocycles. The first kappa shape index (κ1) is 16.6. The van der Waals surface area contributed by atoms with Crippen LogP contribution in [0.2, 0.25) is 0 Å². The lowest BCUT2D eigenvalue weighted by atomic mass is 10.3. The Morgan fingerprint density at radius 3 is 2.00 bits per heavy atom. The smallest absolute Gasteiger partial charge is 0.508 e. The quantitative estimate of drug-likeness (QED) is 0.434. The third kappa shape index (κ3) is 5.50. The molecular weight excluding hydrogens is 311 g/mol. The van der Waals surface area contributed by atoms with Crippen LogP contribution in [-0.2, 0) is 0 Å². The van der Waals surface area contributed by atoms with Crippen LogP contribution in [0.3, 0.4) is 0 Å². The molecule has 8 heteroatoms. The fraction of sp³-hybridized carbons (Fsp3) is 0. The van der Waals surface area contributed by atoms with Crippen LogP contribution in [0.25, 0.3) is 11.4 Å². The molecule has 0 aliphatic carbocycles. The summed E-state index contributed by atoms with van der Waals surface area (Å²) in [6.45, 7) is 0. The Bertz CT molecular complexity index is 736. The van der Waals surface area contributed by atoms with Gasteiger partial charge in [0.2, 0.25) is 0 Å². The maximum atomic E-state index is 9.75. The second-order valence-electron chi connectivity index (χ2n) is 4.57. The van der Waals surface area contributed by atoms with E-state index in [9.17, 15) is 22.4 Å². The van der Waals surface area contributed by atoms with Crippen LogP contribution in [0.5, 0.6) is 5.75 Å². The largest absolute Gasteiger partial charge is 0.673 e. The molecule has 0 saturated carbocycles. The Balaban J connectivity index is 0.000000338. The van der Waals surface area contributed by atoms with Gasteiger partial charge < -0.3 is 22.4 Å². The summed E-state index contributed by atoms with van der Waals surface area (Å²) in [5.74, 6) is 0.279. The van der Waals surface area contributed by atoms with Gasteiger partial charge in [0.1, 0.15) is 29.5 Å². The van der Waals surface area contributed by atoms with E-state index in [1.807, 2.05) is 58.2 Å². The Labute approximate surface area is 130 Å². The summed E-state index contributed by atoms with van der Waals surface area (Å²) in [5.41, 5.74) is 2.14. The molecule has 0 bridgehead atoms. The molecule has 0 unspecified atom stereocenters. The number of halogens is 4. The zero-order chi connectivity index (χ0) is 16.9. The summed E-state index contributed by atoms with van der Waals surface area (Å²) >= 11 is 0. The highest BCUT2D eigenvalue weighted by molar-refractivity contribution is 6.50. The van der Waals surface area contributed by atoms with Crippen LogP contribution in [-0.4, -0.2) is 16.9 Å². The topological polar surface area (TPSA) is 29.0 Å². The summed E-state index contributed by atoms with van der Waals surface area (Å²) < 4.78 is 43.1. The number of hydrogen-bond acceptors (Lipinski definition) is 1. The van der Waals surface area contributed by atoms with E-state index in [1.54, 1.807) is 12.1 Å². The lowest BCUT2D eigenvalue weighted by Crippen LogP contribution is -2.27. The van der Waals surface area contributed by atoms with Crippen molar-refractivity contribution in [2.45, 2.75) is 0 Å². The van der Waals surface area contributed by atoms with E-state index in [0.717, 1.165) is 11.4 Å². The molecule has 0 fully saturated rings.